The Kier molecular flexibility index (Phi) is 8.25. The third-order valence-corrected chi connectivity index (χ3v) is 18.1. The van der Waals surface area contributed by atoms with E-state index in [1.807, 2.05) is 0 Å². The third-order valence-electron chi connectivity index (χ3n) is 13.1. The SMILES string of the molecule is Cc1cc(C2(c3ccc([Si](c4ccccc4)(c4ccccc4)c4ccccc4)c(C)c3)c3ccccc3-c3ccccc32)ccc1-n1c2ccccc2c2ccccc21. The molecule has 1 nitrogen and oxygen atoms in total. The number of aryl methyl sites for hydroxylation is 2. The average molecular weight is 770 g/mol. The first kappa shape index (κ1) is 35.2. The predicted octanol–water partition coefficient (Wildman–Crippen LogP) is 11.1. The predicted molar refractivity (Wildman–Crippen MR) is 251 cm³/mol. The monoisotopic (exact) mass is 769 g/mol. The van der Waals surface area contributed by atoms with Crippen LogP contribution in [0, 0.1) is 13.8 Å². The quantitative estimate of drug-likeness (QED) is 0.112. The minimum absolute atomic E-state index is 0.531. The van der Waals surface area contributed by atoms with E-state index in [1.54, 1.807) is 0 Å². The number of fused-ring (bicyclic) bond motifs is 6. The molecule has 1 heterocycles. The number of rotatable bonds is 7. The van der Waals surface area contributed by atoms with E-state index in [1.165, 1.54) is 92.7 Å². The van der Waals surface area contributed by atoms with Crippen LogP contribution in [0.3, 0.4) is 0 Å². The van der Waals surface area contributed by atoms with Gasteiger partial charge in [0.2, 0.25) is 0 Å². The van der Waals surface area contributed by atoms with Crippen LogP contribution in [0.1, 0.15) is 33.4 Å². The van der Waals surface area contributed by atoms with Gasteiger partial charge in [-0.3, -0.25) is 0 Å². The number of nitrogens with zero attached hydrogens (tertiary/aromatic N) is 1. The fraction of sp³-hybridized carbons (Fsp3) is 0.0526. The molecule has 1 aliphatic carbocycles. The number of aromatic nitrogens is 1. The van der Waals surface area contributed by atoms with Crippen LogP contribution in [-0.4, -0.2) is 12.6 Å². The smallest absolute Gasteiger partial charge is 0.179 e. The fourth-order valence-electron chi connectivity index (χ4n) is 10.7. The summed E-state index contributed by atoms with van der Waals surface area (Å²) in [6, 6.07) is 84.3. The molecule has 2 heteroatoms. The Morgan fingerprint density at radius 3 is 1.25 bits per heavy atom. The zero-order chi connectivity index (χ0) is 39.6. The second kappa shape index (κ2) is 13.8. The van der Waals surface area contributed by atoms with E-state index < -0.39 is 13.5 Å². The van der Waals surface area contributed by atoms with Gasteiger partial charge in [0.1, 0.15) is 0 Å². The molecule has 0 aliphatic heterocycles. The van der Waals surface area contributed by atoms with Crippen molar-refractivity contribution in [3.8, 4) is 16.8 Å². The van der Waals surface area contributed by atoms with Crippen LogP contribution in [0.2, 0.25) is 0 Å². The fourth-order valence-corrected chi connectivity index (χ4v) is 15.7. The summed E-state index contributed by atoms with van der Waals surface area (Å²) in [5.41, 5.74) is 13.5. The van der Waals surface area contributed by atoms with Gasteiger partial charge in [0.15, 0.2) is 8.07 Å². The number of hydrogen-bond donors (Lipinski definition) is 0. The molecular weight excluding hydrogens is 727 g/mol. The van der Waals surface area contributed by atoms with Crippen molar-refractivity contribution in [1.29, 1.82) is 0 Å². The molecule has 0 saturated carbocycles. The minimum atomic E-state index is -2.75. The highest BCUT2D eigenvalue weighted by Crippen LogP contribution is 2.56. The van der Waals surface area contributed by atoms with Crippen molar-refractivity contribution in [3.63, 3.8) is 0 Å². The number of benzene rings is 9. The lowest BCUT2D eigenvalue weighted by Crippen LogP contribution is -2.75. The van der Waals surface area contributed by atoms with Gasteiger partial charge in [0, 0.05) is 16.5 Å². The molecule has 0 saturated heterocycles. The molecule has 0 amide bonds. The first-order valence-corrected chi connectivity index (χ1v) is 22.7. The van der Waals surface area contributed by atoms with Crippen molar-refractivity contribution in [1.82, 2.24) is 4.57 Å². The summed E-state index contributed by atoms with van der Waals surface area (Å²) in [7, 11) is -2.75. The molecule has 0 atom stereocenters. The molecular formula is C57H43NSi. The molecule has 59 heavy (non-hydrogen) atoms. The van der Waals surface area contributed by atoms with Gasteiger partial charge in [-0.1, -0.05) is 212 Å². The van der Waals surface area contributed by atoms with E-state index in [9.17, 15) is 0 Å². The Morgan fingerprint density at radius 2 is 0.780 bits per heavy atom. The molecule has 0 radical (unpaired) electrons. The highest BCUT2D eigenvalue weighted by Gasteiger charge is 2.48. The zero-order valence-corrected chi connectivity index (χ0v) is 34.3. The Balaban J connectivity index is 1.18. The van der Waals surface area contributed by atoms with Crippen molar-refractivity contribution in [2.24, 2.45) is 0 Å². The van der Waals surface area contributed by atoms with Crippen LogP contribution in [0.25, 0.3) is 38.6 Å². The van der Waals surface area contributed by atoms with E-state index in [4.69, 9.17) is 0 Å². The lowest BCUT2D eigenvalue weighted by molar-refractivity contribution is 0.766. The van der Waals surface area contributed by atoms with E-state index in [0.29, 0.717) is 0 Å². The van der Waals surface area contributed by atoms with Crippen molar-refractivity contribution in [2.45, 2.75) is 19.3 Å². The molecule has 0 N–H and O–H groups in total. The lowest BCUT2D eigenvalue weighted by atomic mass is 9.67. The summed E-state index contributed by atoms with van der Waals surface area (Å²) in [5.74, 6) is 0. The summed E-state index contributed by atoms with van der Waals surface area (Å²) < 4.78 is 2.45. The molecule has 1 aliphatic rings. The van der Waals surface area contributed by atoms with Gasteiger partial charge in [-0.25, -0.2) is 0 Å². The van der Waals surface area contributed by atoms with Crippen LogP contribution in [0.4, 0.5) is 0 Å². The van der Waals surface area contributed by atoms with Crippen LogP contribution in [0.15, 0.2) is 224 Å². The Labute approximate surface area is 347 Å². The van der Waals surface area contributed by atoms with Crippen LogP contribution >= 0.6 is 0 Å². The minimum Gasteiger partial charge on any atom is -0.309 e. The molecule has 11 rings (SSSR count). The second-order valence-corrected chi connectivity index (χ2v) is 19.9. The Hall–Kier alpha value is -7.00. The van der Waals surface area contributed by atoms with E-state index in [-0.39, 0.29) is 0 Å². The van der Waals surface area contributed by atoms with Gasteiger partial charge in [0.05, 0.1) is 16.4 Å². The Bertz CT molecular complexity index is 2980. The lowest BCUT2D eigenvalue weighted by Gasteiger charge is -2.38. The normalized spacial score (nSPS) is 13.1. The maximum atomic E-state index is 2.53. The summed E-state index contributed by atoms with van der Waals surface area (Å²) in [6.07, 6.45) is 0. The van der Waals surface area contributed by atoms with Gasteiger partial charge < -0.3 is 4.57 Å². The Morgan fingerprint density at radius 1 is 0.373 bits per heavy atom. The first-order valence-electron chi connectivity index (χ1n) is 20.7. The third kappa shape index (κ3) is 5.10. The van der Waals surface area contributed by atoms with E-state index >= 15 is 0 Å². The van der Waals surface area contributed by atoms with E-state index in [0.717, 1.165) is 0 Å². The maximum Gasteiger partial charge on any atom is 0.179 e. The van der Waals surface area contributed by atoms with Gasteiger partial charge in [-0.2, -0.15) is 0 Å². The molecule has 0 fully saturated rings. The molecule has 0 bridgehead atoms. The maximum absolute atomic E-state index is 2.75. The summed E-state index contributed by atoms with van der Waals surface area (Å²) in [4.78, 5) is 0. The molecule has 0 spiro atoms. The first-order chi connectivity index (χ1) is 29.1. The largest absolute Gasteiger partial charge is 0.309 e. The van der Waals surface area contributed by atoms with Gasteiger partial charge in [0.25, 0.3) is 0 Å². The highest BCUT2D eigenvalue weighted by atomic mass is 28.3. The number of hydrogen-bond acceptors (Lipinski definition) is 0. The standard InChI is InChI=1S/C57H43NSi/c1-40-38-42(34-36-53(40)58-54-32-18-14-28-49(54)50-29-15-19-33-55(50)58)57(51-30-16-12-26-47(51)48-27-13-17-31-52(48)57)43-35-37-56(41(2)39-43)59(44-20-6-3-7-21-44,45-22-8-4-9-23-45)46-24-10-5-11-25-46/h3-39H,1-2H3. The average Bonchev–Trinajstić information content (AvgIpc) is 3.79. The van der Waals surface area contributed by atoms with Crippen molar-refractivity contribution in [2.75, 3.05) is 0 Å². The van der Waals surface area contributed by atoms with Crippen molar-refractivity contribution < 1.29 is 0 Å². The molecule has 1 aromatic heterocycles. The van der Waals surface area contributed by atoms with Crippen LogP contribution < -0.4 is 20.7 Å². The second-order valence-electron chi connectivity index (χ2n) is 16.1. The van der Waals surface area contributed by atoms with Crippen molar-refractivity contribution in [3.05, 3.63) is 258 Å². The molecule has 10 aromatic rings. The summed E-state index contributed by atoms with van der Waals surface area (Å²) >= 11 is 0. The van der Waals surface area contributed by atoms with Crippen LogP contribution in [0.5, 0.6) is 0 Å². The molecule has 280 valence electrons. The van der Waals surface area contributed by atoms with Gasteiger partial charge >= 0.3 is 0 Å². The molecule has 0 unspecified atom stereocenters. The summed E-state index contributed by atoms with van der Waals surface area (Å²) in [6.45, 7) is 4.64. The molecule has 9 aromatic carbocycles. The van der Waals surface area contributed by atoms with Gasteiger partial charge in [-0.15, -0.1) is 0 Å². The number of para-hydroxylation sites is 2. The topological polar surface area (TPSA) is 4.93 Å². The zero-order valence-electron chi connectivity index (χ0n) is 33.3. The van der Waals surface area contributed by atoms with Crippen molar-refractivity contribution >= 4 is 50.6 Å². The van der Waals surface area contributed by atoms with Crippen LogP contribution in [-0.2, 0) is 5.41 Å². The van der Waals surface area contributed by atoms with Gasteiger partial charge in [-0.05, 0) is 91.7 Å². The summed E-state index contributed by atoms with van der Waals surface area (Å²) in [5, 5.41) is 8.12. The highest BCUT2D eigenvalue weighted by molar-refractivity contribution is 7.20. The van der Waals surface area contributed by atoms with E-state index in [2.05, 4.69) is 243 Å².